The summed E-state index contributed by atoms with van der Waals surface area (Å²) in [5.74, 6) is -0.242. The summed E-state index contributed by atoms with van der Waals surface area (Å²) in [4.78, 5) is 38.5. The van der Waals surface area contributed by atoms with Gasteiger partial charge in [0.25, 0.3) is 0 Å². The number of likely N-dealkylation sites (tertiary alicyclic amines) is 1. The fourth-order valence-electron chi connectivity index (χ4n) is 3.95. The van der Waals surface area contributed by atoms with Gasteiger partial charge in [0.15, 0.2) is 0 Å². The maximum Gasteiger partial charge on any atom is 0.321 e. The molecule has 1 saturated heterocycles. The summed E-state index contributed by atoms with van der Waals surface area (Å²) < 4.78 is 0. The number of amides is 5. The van der Waals surface area contributed by atoms with Crippen LogP contribution in [-0.4, -0.2) is 48.5 Å². The summed E-state index contributed by atoms with van der Waals surface area (Å²) in [5, 5.41) is 11.5. The van der Waals surface area contributed by atoms with Gasteiger partial charge in [0, 0.05) is 37.1 Å². The van der Waals surface area contributed by atoms with Crippen LogP contribution in [0.5, 0.6) is 0 Å². The third-order valence-corrected chi connectivity index (χ3v) is 5.58. The van der Waals surface area contributed by atoms with Crippen molar-refractivity contribution in [3.63, 3.8) is 0 Å². The van der Waals surface area contributed by atoms with E-state index in [1.54, 1.807) is 35.2 Å². The fourth-order valence-corrected chi connectivity index (χ4v) is 3.95. The molecule has 1 saturated carbocycles. The number of nitrogens with one attached hydrogen (secondary N) is 4. The Bertz CT molecular complexity index is 759. The maximum absolute atomic E-state index is 12.6. The van der Waals surface area contributed by atoms with Crippen LogP contribution in [0.3, 0.4) is 0 Å². The van der Waals surface area contributed by atoms with Crippen molar-refractivity contribution in [2.75, 3.05) is 30.3 Å². The minimum atomic E-state index is -0.226. The molecule has 4 N–H and O–H groups in total. The van der Waals surface area contributed by atoms with Gasteiger partial charge in [-0.2, -0.15) is 0 Å². The van der Waals surface area contributed by atoms with Crippen LogP contribution in [0.15, 0.2) is 36.9 Å². The van der Waals surface area contributed by atoms with Crippen molar-refractivity contribution in [2.24, 2.45) is 5.92 Å². The second kappa shape index (κ2) is 10.7. The Morgan fingerprint density at radius 2 is 1.67 bits per heavy atom. The molecule has 30 heavy (non-hydrogen) atoms. The SMILES string of the molecule is C=CCNC(=O)C1CCCN(C(=O)Nc2ccc(NC(=O)NC3CCCC3)cc2)C1. The average molecular weight is 414 g/mol. The Kier molecular flexibility index (Phi) is 7.70. The topological polar surface area (TPSA) is 103 Å². The van der Waals surface area contributed by atoms with E-state index in [1.807, 2.05) is 0 Å². The van der Waals surface area contributed by atoms with Gasteiger partial charge in [-0.15, -0.1) is 6.58 Å². The van der Waals surface area contributed by atoms with Crippen LogP contribution in [0, 0.1) is 5.92 Å². The number of benzene rings is 1. The molecule has 8 nitrogen and oxygen atoms in total. The minimum Gasteiger partial charge on any atom is -0.352 e. The molecule has 1 atom stereocenters. The van der Waals surface area contributed by atoms with Crippen molar-refractivity contribution in [3.05, 3.63) is 36.9 Å². The van der Waals surface area contributed by atoms with E-state index in [1.165, 1.54) is 0 Å². The van der Waals surface area contributed by atoms with Crippen molar-refractivity contribution in [1.82, 2.24) is 15.5 Å². The predicted octanol–water partition coefficient (Wildman–Crippen LogP) is 3.30. The number of urea groups is 2. The molecule has 5 amide bonds. The lowest BCUT2D eigenvalue weighted by molar-refractivity contribution is -0.126. The van der Waals surface area contributed by atoms with E-state index in [4.69, 9.17) is 0 Å². The molecular weight excluding hydrogens is 382 g/mol. The molecule has 3 rings (SSSR count). The first-order valence-electron chi connectivity index (χ1n) is 10.7. The largest absolute Gasteiger partial charge is 0.352 e. The Morgan fingerprint density at radius 1 is 1.00 bits per heavy atom. The molecule has 2 aliphatic rings. The quantitative estimate of drug-likeness (QED) is 0.538. The van der Waals surface area contributed by atoms with Crippen LogP contribution in [0.1, 0.15) is 38.5 Å². The lowest BCUT2D eigenvalue weighted by atomic mass is 9.97. The first-order valence-corrected chi connectivity index (χ1v) is 10.7. The third-order valence-electron chi connectivity index (χ3n) is 5.58. The van der Waals surface area contributed by atoms with Crippen molar-refractivity contribution < 1.29 is 14.4 Å². The van der Waals surface area contributed by atoms with Crippen LogP contribution in [0.25, 0.3) is 0 Å². The molecule has 162 valence electrons. The number of carbonyl (C=O) groups excluding carboxylic acids is 3. The van der Waals surface area contributed by atoms with Crippen LogP contribution in [0.2, 0.25) is 0 Å². The Balaban J connectivity index is 1.47. The molecule has 1 aromatic carbocycles. The van der Waals surface area contributed by atoms with Crippen LogP contribution in [0.4, 0.5) is 21.0 Å². The van der Waals surface area contributed by atoms with Gasteiger partial charge in [-0.25, -0.2) is 9.59 Å². The zero-order chi connectivity index (χ0) is 21.3. The van der Waals surface area contributed by atoms with E-state index in [2.05, 4.69) is 27.8 Å². The Morgan fingerprint density at radius 3 is 2.33 bits per heavy atom. The number of anilines is 2. The highest BCUT2D eigenvalue weighted by Gasteiger charge is 2.28. The van der Waals surface area contributed by atoms with E-state index in [0.717, 1.165) is 38.5 Å². The Labute approximate surface area is 177 Å². The van der Waals surface area contributed by atoms with Gasteiger partial charge >= 0.3 is 12.1 Å². The van der Waals surface area contributed by atoms with E-state index in [0.29, 0.717) is 31.0 Å². The molecule has 1 aliphatic heterocycles. The van der Waals surface area contributed by atoms with Crippen molar-refractivity contribution in [2.45, 2.75) is 44.6 Å². The molecule has 8 heteroatoms. The van der Waals surface area contributed by atoms with E-state index < -0.39 is 0 Å². The lowest BCUT2D eigenvalue weighted by Crippen LogP contribution is -2.46. The molecule has 0 aromatic heterocycles. The first-order chi connectivity index (χ1) is 14.5. The molecule has 2 fully saturated rings. The highest BCUT2D eigenvalue weighted by atomic mass is 16.2. The maximum atomic E-state index is 12.6. The minimum absolute atomic E-state index is 0.0429. The van der Waals surface area contributed by atoms with E-state index in [-0.39, 0.29) is 29.9 Å². The van der Waals surface area contributed by atoms with Crippen LogP contribution in [-0.2, 0) is 4.79 Å². The number of hydrogen-bond acceptors (Lipinski definition) is 3. The lowest BCUT2D eigenvalue weighted by Gasteiger charge is -2.32. The zero-order valence-corrected chi connectivity index (χ0v) is 17.3. The van der Waals surface area contributed by atoms with Gasteiger partial charge < -0.3 is 26.2 Å². The van der Waals surface area contributed by atoms with Crippen LogP contribution >= 0.6 is 0 Å². The number of hydrogen-bond donors (Lipinski definition) is 4. The highest BCUT2D eigenvalue weighted by Crippen LogP contribution is 2.20. The number of nitrogens with zero attached hydrogens (tertiary/aromatic N) is 1. The number of piperidine rings is 1. The molecular formula is C22H31N5O3. The number of rotatable bonds is 6. The molecule has 1 aromatic rings. The first kappa shape index (κ1) is 21.7. The molecule has 1 aliphatic carbocycles. The summed E-state index contributed by atoms with van der Waals surface area (Å²) in [6.45, 7) is 5.05. The second-order valence-electron chi connectivity index (χ2n) is 7.91. The molecule has 1 heterocycles. The van der Waals surface area contributed by atoms with E-state index >= 15 is 0 Å². The van der Waals surface area contributed by atoms with Gasteiger partial charge in [0.2, 0.25) is 5.91 Å². The smallest absolute Gasteiger partial charge is 0.321 e. The number of carbonyl (C=O) groups is 3. The average Bonchev–Trinajstić information content (AvgIpc) is 3.26. The second-order valence-corrected chi connectivity index (χ2v) is 7.91. The highest BCUT2D eigenvalue weighted by molar-refractivity contribution is 5.92. The standard InChI is InChI=1S/C22H31N5O3/c1-2-13-23-20(28)16-6-5-14-27(15-16)22(30)26-19-11-9-18(10-12-19)25-21(29)24-17-7-3-4-8-17/h2,9-12,16-17H,1,3-8,13-15H2,(H,23,28)(H,26,30)(H2,24,25,29). The van der Waals surface area contributed by atoms with Crippen molar-refractivity contribution in [3.8, 4) is 0 Å². The summed E-state index contributed by atoms with van der Waals surface area (Å²) in [6.07, 6.45) is 7.60. The fraction of sp³-hybridized carbons (Fsp3) is 0.500. The normalized spacial score (nSPS) is 19.1. The van der Waals surface area contributed by atoms with Gasteiger partial charge in [-0.3, -0.25) is 4.79 Å². The molecule has 0 radical (unpaired) electrons. The monoisotopic (exact) mass is 413 g/mol. The summed E-state index contributed by atoms with van der Waals surface area (Å²) in [6, 6.07) is 6.85. The Hall–Kier alpha value is -3.03. The molecule has 0 bridgehead atoms. The zero-order valence-electron chi connectivity index (χ0n) is 17.3. The molecule has 0 spiro atoms. The van der Waals surface area contributed by atoms with Gasteiger partial charge in [-0.1, -0.05) is 18.9 Å². The molecule has 1 unspecified atom stereocenters. The summed E-state index contributed by atoms with van der Waals surface area (Å²) >= 11 is 0. The van der Waals surface area contributed by atoms with E-state index in [9.17, 15) is 14.4 Å². The van der Waals surface area contributed by atoms with Gasteiger partial charge in [-0.05, 0) is 49.9 Å². The summed E-state index contributed by atoms with van der Waals surface area (Å²) in [5.41, 5.74) is 1.31. The van der Waals surface area contributed by atoms with Crippen molar-refractivity contribution >= 4 is 29.3 Å². The van der Waals surface area contributed by atoms with Gasteiger partial charge in [0.1, 0.15) is 0 Å². The summed E-state index contributed by atoms with van der Waals surface area (Å²) in [7, 11) is 0. The van der Waals surface area contributed by atoms with Crippen LogP contribution < -0.4 is 21.3 Å². The predicted molar refractivity (Wildman–Crippen MR) is 117 cm³/mol. The van der Waals surface area contributed by atoms with Crippen molar-refractivity contribution in [1.29, 1.82) is 0 Å². The van der Waals surface area contributed by atoms with Gasteiger partial charge in [0.05, 0.1) is 5.92 Å². The third kappa shape index (κ3) is 6.23.